The smallest absolute Gasteiger partial charge is 0.323 e. The Balaban J connectivity index is 2.80. The van der Waals surface area contributed by atoms with Crippen LogP contribution in [0.2, 0.25) is 0 Å². The molecule has 0 radical (unpaired) electrons. The number of aliphatic carboxylic acids is 1. The lowest BCUT2D eigenvalue weighted by atomic mass is 10.1. The second kappa shape index (κ2) is 4.61. The first-order valence-electron chi connectivity index (χ1n) is 4.14. The van der Waals surface area contributed by atoms with E-state index in [9.17, 15) is 9.28 Å². The number of hydrogen-bond donors (Lipinski definition) is 4. The lowest BCUT2D eigenvalue weighted by molar-refractivity contribution is -0.140. The number of hydrogen-bond acceptors (Lipinski definition) is 4. The summed E-state index contributed by atoms with van der Waals surface area (Å²) in [6.07, 6.45) is -0.125. The average molecular weight is 215 g/mol. The summed E-state index contributed by atoms with van der Waals surface area (Å²) < 4.78 is 12.0. The number of aromatic hydroxyl groups is 2. The highest BCUT2D eigenvalue weighted by Crippen LogP contribution is 2.25. The molecule has 0 fully saturated rings. The molecule has 0 aliphatic carbocycles. The predicted octanol–water partition coefficient (Wildman–Crippen LogP) is 0.568. The normalized spacial score (nSPS) is 12.3. The van der Waals surface area contributed by atoms with Crippen LogP contribution in [0.3, 0.4) is 0 Å². The van der Waals surface area contributed by atoms with Crippen LogP contribution in [-0.4, -0.2) is 27.3 Å². The van der Waals surface area contributed by atoms with E-state index in [0.717, 1.165) is 5.54 Å². The standard InChI is InChI=1S/C9H10FNO4/c10-11-6(9(14)15)3-5-1-2-7(12)8(13)4-5/h1-2,4,6,11-13H,3H2,(H,14,15)/t6-/m0/s1. The van der Waals surface area contributed by atoms with E-state index < -0.39 is 12.0 Å². The van der Waals surface area contributed by atoms with Crippen LogP contribution >= 0.6 is 0 Å². The highest BCUT2D eigenvalue weighted by Gasteiger charge is 2.17. The number of carboxylic acid groups (broad SMARTS) is 1. The van der Waals surface area contributed by atoms with Gasteiger partial charge in [0.25, 0.3) is 0 Å². The Hall–Kier alpha value is -1.82. The minimum atomic E-state index is -1.37. The Labute approximate surface area is 84.7 Å². The van der Waals surface area contributed by atoms with E-state index in [1.54, 1.807) is 0 Å². The van der Waals surface area contributed by atoms with Gasteiger partial charge in [0.1, 0.15) is 6.04 Å². The van der Waals surface area contributed by atoms with Crippen molar-refractivity contribution >= 4 is 5.97 Å². The van der Waals surface area contributed by atoms with E-state index in [-0.39, 0.29) is 17.9 Å². The van der Waals surface area contributed by atoms with Gasteiger partial charge in [0, 0.05) is 6.42 Å². The Morgan fingerprint density at radius 3 is 2.53 bits per heavy atom. The molecular formula is C9H10FNO4. The van der Waals surface area contributed by atoms with Crippen LogP contribution < -0.4 is 5.54 Å². The molecule has 4 N–H and O–H groups in total. The molecule has 15 heavy (non-hydrogen) atoms. The van der Waals surface area contributed by atoms with Crippen molar-refractivity contribution in [3.05, 3.63) is 23.8 Å². The van der Waals surface area contributed by atoms with Crippen molar-refractivity contribution in [1.29, 1.82) is 0 Å². The fourth-order valence-corrected chi connectivity index (χ4v) is 1.10. The second-order valence-corrected chi connectivity index (χ2v) is 3.03. The number of carboxylic acids is 1. The van der Waals surface area contributed by atoms with Crippen molar-refractivity contribution in [2.45, 2.75) is 12.5 Å². The Morgan fingerprint density at radius 1 is 1.40 bits per heavy atom. The van der Waals surface area contributed by atoms with Crippen molar-refractivity contribution in [2.24, 2.45) is 0 Å². The Kier molecular flexibility index (Phi) is 3.46. The van der Waals surface area contributed by atoms with Gasteiger partial charge in [-0.15, -0.1) is 10.0 Å². The maximum absolute atomic E-state index is 12.0. The fourth-order valence-electron chi connectivity index (χ4n) is 1.10. The highest BCUT2D eigenvalue weighted by atomic mass is 19.2. The third-order valence-electron chi connectivity index (χ3n) is 1.91. The van der Waals surface area contributed by atoms with Crippen molar-refractivity contribution < 1.29 is 24.6 Å². The topological polar surface area (TPSA) is 89.8 Å². The van der Waals surface area contributed by atoms with Gasteiger partial charge < -0.3 is 15.3 Å². The fraction of sp³-hybridized carbons (Fsp3) is 0.222. The molecule has 0 saturated heterocycles. The summed E-state index contributed by atoms with van der Waals surface area (Å²) in [5.74, 6) is -2.00. The highest BCUT2D eigenvalue weighted by molar-refractivity contribution is 5.73. The van der Waals surface area contributed by atoms with Crippen LogP contribution in [0.1, 0.15) is 5.56 Å². The van der Waals surface area contributed by atoms with Gasteiger partial charge in [0.2, 0.25) is 0 Å². The number of halogens is 1. The number of carbonyl (C=O) groups is 1. The lowest BCUT2D eigenvalue weighted by Crippen LogP contribution is -2.33. The maximum Gasteiger partial charge on any atom is 0.323 e. The van der Waals surface area contributed by atoms with Gasteiger partial charge in [0.05, 0.1) is 0 Å². The third kappa shape index (κ3) is 2.81. The summed E-state index contributed by atoms with van der Waals surface area (Å²) in [5, 5.41) is 26.6. The van der Waals surface area contributed by atoms with Crippen LogP contribution in [-0.2, 0) is 11.2 Å². The summed E-state index contributed by atoms with van der Waals surface area (Å²) in [5.41, 5.74) is 1.55. The summed E-state index contributed by atoms with van der Waals surface area (Å²) >= 11 is 0. The zero-order valence-electron chi connectivity index (χ0n) is 7.64. The Bertz CT molecular complexity index is 369. The van der Waals surface area contributed by atoms with E-state index in [4.69, 9.17) is 15.3 Å². The molecule has 1 atom stereocenters. The number of nitrogens with one attached hydrogen (secondary N) is 1. The summed E-state index contributed by atoms with van der Waals surface area (Å²) in [6.45, 7) is 0. The first kappa shape index (κ1) is 11.3. The molecule has 6 heteroatoms. The zero-order valence-corrected chi connectivity index (χ0v) is 7.64. The van der Waals surface area contributed by atoms with Crippen LogP contribution in [0.5, 0.6) is 11.5 Å². The van der Waals surface area contributed by atoms with Gasteiger partial charge in [-0.05, 0) is 17.7 Å². The van der Waals surface area contributed by atoms with Crippen LogP contribution in [0, 0.1) is 0 Å². The quantitative estimate of drug-likeness (QED) is 0.435. The largest absolute Gasteiger partial charge is 0.504 e. The van der Waals surface area contributed by atoms with Crippen molar-refractivity contribution in [3.8, 4) is 11.5 Å². The second-order valence-electron chi connectivity index (χ2n) is 3.03. The average Bonchev–Trinajstić information content (AvgIpc) is 2.19. The molecule has 0 heterocycles. The van der Waals surface area contributed by atoms with Crippen LogP contribution in [0.25, 0.3) is 0 Å². The number of phenolic OH excluding ortho intramolecular Hbond substituents is 2. The zero-order chi connectivity index (χ0) is 11.4. The summed E-state index contributed by atoms with van der Waals surface area (Å²) in [4.78, 5) is 10.5. The molecule has 0 aliphatic rings. The molecule has 1 rings (SSSR count). The molecule has 82 valence electrons. The summed E-state index contributed by atoms with van der Waals surface area (Å²) in [7, 11) is 0. The van der Waals surface area contributed by atoms with Gasteiger partial charge >= 0.3 is 5.97 Å². The van der Waals surface area contributed by atoms with E-state index in [2.05, 4.69) is 0 Å². The third-order valence-corrected chi connectivity index (χ3v) is 1.91. The number of benzene rings is 1. The van der Waals surface area contributed by atoms with Gasteiger partial charge in [-0.25, -0.2) is 0 Å². The molecule has 1 aromatic rings. The van der Waals surface area contributed by atoms with Crippen LogP contribution in [0.15, 0.2) is 18.2 Å². The minimum absolute atomic E-state index is 0.125. The Morgan fingerprint density at radius 2 is 2.07 bits per heavy atom. The van der Waals surface area contributed by atoms with Gasteiger partial charge in [-0.1, -0.05) is 6.07 Å². The van der Waals surface area contributed by atoms with Crippen molar-refractivity contribution in [1.82, 2.24) is 5.54 Å². The first-order chi connectivity index (χ1) is 7.04. The van der Waals surface area contributed by atoms with Gasteiger partial charge in [0.15, 0.2) is 11.5 Å². The van der Waals surface area contributed by atoms with E-state index >= 15 is 0 Å². The molecule has 0 spiro atoms. The predicted molar refractivity (Wildman–Crippen MR) is 49.1 cm³/mol. The number of phenols is 2. The lowest BCUT2D eigenvalue weighted by Gasteiger charge is -2.09. The monoisotopic (exact) mass is 215 g/mol. The molecule has 5 nitrogen and oxygen atoms in total. The number of rotatable bonds is 4. The van der Waals surface area contributed by atoms with Crippen molar-refractivity contribution in [2.75, 3.05) is 0 Å². The van der Waals surface area contributed by atoms with Crippen LogP contribution in [0.4, 0.5) is 4.48 Å². The molecule has 0 saturated carbocycles. The molecular weight excluding hydrogens is 205 g/mol. The minimum Gasteiger partial charge on any atom is -0.504 e. The van der Waals surface area contributed by atoms with E-state index in [1.807, 2.05) is 0 Å². The molecule has 0 bridgehead atoms. The SMILES string of the molecule is O=C(O)[C@H](Cc1ccc(O)c(O)c1)NF. The first-order valence-corrected chi connectivity index (χ1v) is 4.14. The van der Waals surface area contributed by atoms with Gasteiger partial charge in [-0.2, -0.15) is 0 Å². The molecule has 0 unspecified atom stereocenters. The molecule has 1 aromatic carbocycles. The van der Waals surface area contributed by atoms with Gasteiger partial charge in [-0.3, -0.25) is 4.79 Å². The summed E-state index contributed by atoms with van der Waals surface area (Å²) in [6, 6.07) is 2.43. The van der Waals surface area contributed by atoms with E-state index in [1.165, 1.54) is 18.2 Å². The molecule has 0 aromatic heterocycles. The molecule has 0 aliphatic heterocycles. The maximum atomic E-state index is 12.0. The molecule has 0 amide bonds. The van der Waals surface area contributed by atoms with E-state index in [0.29, 0.717) is 5.56 Å². The van der Waals surface area contributed by atoms with Crippen molar-refractivity contribution in [3.63, 3.8) is 0 Å².